The van der Waals surface area contributed by atoms with Crippen molar-refractivity contribution in [3.8, 4) is 5.75 Å². The molecule has 0 N–H and O–H groups in total. The summed E-state index contributed by atoms with van der Waals surface area (Å²) in [6.45, 7) is 1.89. The van der Waals surface area contributed by atoms with Crippen LogP contribution in [0.15, 0.2) is 47.1 Å². The van der Waals surface area contributed by atoms with Gasteiger partial charge in [0.05, 0.1) is 32.7 Å². The van der Waals surface area contributed by atoms with E-state index in [9.17, 15) is 9.59 Å². The molecule has 8 nitrogen and oxygen atoms in total. The molecule has 2 unspecified atom stereocenters. The van der Waals surface area contributed by atoms with E-state index in [0.717, 1.165) is 0 Å². The molecule has 0 radical (unpaired) electrons. The summed E-state index contributed by atoms with van der Waals surface area (Å²) in [5.41, 5.74) is 2.17. The van der Waals surface area contributed by atoms with Gasteiger partial charge in [0.25, 0.3) is 0 Å². The number of fused-ring (bicyclic) bond motifs is 1. The van der Waals surface area contributed by atoms with Gasteiger partial charge < -0.3 is 14.2 Å². The third-order valence-corrected chi connectivity index (χ3v) is 4.44. The van der Waals surface area contributed by atoms with Gasteiger partial charge >= 0.3 is 11.9 Å². The quantitative estimate of drug-likeness (QED) is 0.573. The molecule has 3 rings (SSSR count). The maximum absolute atomic E-state index is 12.9. The van der Waals surface area contributed by atoms with Gasteiger partial charge in [-0.3, -0.25) is 9.59 Å². The van der Waals surface area contributed by atoms with Gasteiger partial charge in [-0.05, 0) is 52.6 Å². The number of ether oxygens (including phenoxy) is 3. The first-order chi connectivity index (χ1) is 13.6. The molecule has 146 valence electrons. The lowest BCUT2D eigenvalue weighted by molar-refractivity contribution is -0.152. The van der Waals surface area contributed by atoms with E-state index in [-0.39, 0.29) is 6.61 Å². The van der Waals surface area contributed by atoms with E-state index < -0.39 is 23.8 Å². The average Bonchev–Trinajstić information content (AvgIpc) is 3.19. The molecular formula is C20H20N2O6. The molecule has 1 heterocycles. The Balaban J connectivity index is 2.12. The Morgan fingerprint density at radius 2 is 1.57 bits per heavy atom. The number of carbonyl (C=O) groups excluding carboxylic acids is 2. The number of aromatic nitrogens is 2. The van der Waals surface area contributed by atoms with Gasteiger partial charge in [0.15, 0.2) is 0 Å². The molecule has 0 spiro atoms. The molecule has 1 aromatic heterocycles. The number of methoxy groups -OCH3 is 2. The molecule has 28 heavy (non-hydrogen) atoms. The predicted octanol–water partition coefficient (Wildman–Crippen LogP) is 2.83. The summed E-state index contributed by atoms with van der Waals surface area (Å²) in [5.74, 6) is -2.30. The van der Waals surface area contributed by atoms with Crippen molar-refractivity contribution in [1.29, 1.82) is 0 Å². The molecule has 0 saturated carbocycles. The molecule has 2 atom stereocenters. The number of rotatable bonds is 7. The van der Waals surface area contributed by atoms with Gasteiger partial charge in [0.2, 0.25) is 0 Å². The third kappa shape index (κ3) is 3.80. The summed E-state index contributed by atoms with van der Waals surface area (Å²) in [5, 5.41) is 7.58. The van der Waals surface area contributed by atoms with Gasteiger partial charge in [0.1, 0.15) is 16.8 Å². The van der Waals surface area contributed by atoms with E-state index in [1.165, 1.54) is 7.11 Å². The fourth-order valence-electron chi connectivity index (χ4n) is 3.09. The summed E-state index contributed by atoms with van der Waals surface area (Å²) in [6.07, 6.45) is 0. The maximum atomic E-state index is 12.9. The lowest BCUT2D eigenvalue weighted by Crippen LogP contribution is -2.29. The Hall–Kier alpha value is -3.42. The van der Waals surface area contributed by atoms with E-state index in [1.54, 1.807) is 56.5 Å². The van der Waals surface area contributed by atoms with Crippen LogP contribution in [0.2, 0.25) is 0 Å². The fourth-order valence-corrected chi connectivity index (χ4v) is 3.09. The highest BCUT2D eigenvalue weighted by Crippen LogP contribution is 2.37. The molecule has 2 aromatic carbocycles. The summed E-state index contributed by atoms with van der Waals surface area (Å²) >= 11 is 0. The summed E-state index contributed by atoms with van der Waals surface area (Å²) in [7, 11) is 2.83. The van der Waals surface area contributed by atoms with E-state index in [4.69, 9.17) is 18.8 Å². The Morgan fingerprint density at radius 1 is 0.929 bits per heavy atom. The first kappa shape index (κ1) is 19.3. The van der Waals surface area contributed by atoms with Crippen LogP contribution in [0.5, 0.6) is 5.75 Å². The Bertz CT molecular complexity index is 966. The first-order valence-corrected chi connectivity index (χ1v) is 8.69. The summed E-state index contributed by atoms with van der Waals surface area (Å²) < 4.78 is 20.2. The van der Waals surface area contributed by atoms with Crippen molar-refractivity contribution >= 4 is 23.0 Å². The van der Waals surface area contributed by atoms with E-state index >= 15 is 0 Å². The van der Waals surface area contributed by atoms with Crippen molar-refractivity contribution in [2.45, 2.75) is 18.8 Å². The second kappa shape index (κ2) is 8.51. The number of esters is 2. The fraction of sp³-hybridized carbons (Fsp3) is 0.300. The van der Waals surface area contributed by atoms with E-state index in [1.807, 2.05) is 0 Å². The third-order valence-electron chi connectivity index (χ3n) is 4.44. The van der Waals surface area contributed by atoms with Crippen molar-refractivity contribution < 1.29 is 28.4 Å². The second-order valence-corrected chi connectivity index (χ2v) is 6.02. The zero-order valence-corrected chi connectivity index (χ0v) is 15.7. The van der Waals surface area contributed by atoms with Crippen LogP contribution in [0, 0.1) is 0 Å². The van der Waals surface area contributed by atoms with Gasteiger partial charge in [0, 0.05) is 0 Å². The highest BCUT2D eigenvalue weighted by Gasteiger charge is 2.38. The van der Waals surface area contributed by atoms with Crippen molar-refractivity contribution in [3.05, 3.63) is 53.6 Å². The monoisotopic (exact) mass is 384 g/mol. The molecule has 0 aliphatic carbocycles. The molecule has 3 aromatic rings. The predicted molar refractivity (Wildman–Crippen MR) is 98.9 cm³/mol. The standard InChI is InChI=1S/C20H20N2O6/c1-4-27-20(24)18(13-7-10-15-16(11-13)22-28-21-15)17(19(23)26-3)12-5-8-14(25-2)9-6-12/h5-11,17-18H,4H2,1-3H3. The maximum Gasteiger partial charge on any atom is 0.314 e. The zero-order chi connectivity index (χ0) is 20.1. The highest BCUT2D eigenvalue weighted by atomic mass is 16.6. The van der Waals surface area contributed by atoms with Crippen LogP contribution < -0.4 is 4.74 Å². The molecule has 8 heteroatoms. The number of benzene rings is 2. The van der Waals surface area contributed by atoms with Crippen molar-refractivity contribution in [1.82, 2.24) is 10.3 Å². The van der Waals surface area contributed by atoms with Gasteiger partial charge in [-0.25, -0.2) is 4.63 Å². The van der Waals surface area contributed by atoms with Crippen LogP contribution in [0.4, 0.5) is 0 Å². The molecule has 0 bridgehead atoms. The molecule has 0 aliphatic rings. The number of hydrogen-bond donors (Lipinski definition) is 0. The second-order valence-electron chi connectivity index (χ2n) is 6.02. The van der Waals surface area contributed by atoms with Gasteiger partial charge in [-0.15, -0.1) is 0 Å². The molecule has 0 amide bonds. The number of nitrogens with zero attached hydrogens (tertiary/aromatic N) is 2. The smallest absolute Gasteiger partial charge is 0.314 e. The minimum Gasteiger partial charge on any atom is -0.497 e. The van der Waals surface area contributed by atoms with Crippen LogP contribution in [0.1, 0.15) is 29.9 Å². The Morgan fingerprint density at radius 3 is 2.21 bits per heavy atom. The number of hydrogen-bond acceptors (Lipinski definition) is 8. The minimum absolute atomic E-state index is 0.180. The van der Waals surface area contributed by atoms with Crippen molar-refractivity contribution in [3.63, 3.8) is 0 Å². The van der Waals surface area contributed by atoms with Crippen LogP contribution >= 0.6 is 0 Å². The zero-order valence-electron chi connectivity index (χ0n) is 15.7. The molecule has 0 fully saturated rings. The van der Waals surface area contributed by atoms with Crippen LogP contribution in [0.3, 0.4) is 0 Å². The largest absolute Gasteiger partial charge is 0.497 e. The Kier molecular flexibility index (Phi) is 5.88. The van der Waals surface area contributed by atoms with E-state index in [0.29, 0.717) is 27.9 Å². The van der Waals surface area contributed by atoms with Crippen molar-refractivity contribution in [2.24, 2.45) is 0 Å². The summed E-state index contributed by atoms with van der Waals surface area (Å²) in [4.78, 5) is 25.6. The molecule has 0 aliphatic heterocycles. The van der Waals surface area contributed by atoms with Crippen LogP contribution in [-0.4, -0.2) is 43.1 Å². The summed E-state index contributed by atoms with van der Waals surface area (Å²) in [6, 6.07) is 11.9. The normalized spacial score (nSPS) is 13.0. The minimum atomic E-state index is -0.929. The van der Waals surface area contributed by atoms with Gasteiger partial charge in [-0.2, -0.15) is 0 Å². The topological polar surface area (TPSA) is 101 Å². The lowest BCUT2D eigenvalue weighted by atomic mass is 9.81. The SMILES string of the molecule is CCOC(=O)C(c1ccc2nonc2c1)C(C(=O)OC)c1ccc(OC)cc1. The lowest BCUT2D eigenvalue weighted by Gasteiger charge is -2.24. The number of carbonyl (C=O) groups is 2. The van der Waals surface area contributed by atoms with Gasteiger partial charge in [-0.1, -0.05) is 18.2 Å². The van der Waals surface area contributed by atoms with Crippen LogP contribution in [-0.2, 0) is 19.1 Å². The molecular weight excluding hydrogens is 364 g/mol. The molecule has 0 saturated heterocycles. The average molecular weight is 384 g/mol. The van der Waals surface area contributed by atoms with E-state index in [2.05, 4.69) is 10.3 Å². The first-order valence-electron chi connectivity index (χ1n) is 8.69. The Labute approximate surface area is 161 Å². The highest BCUT2D eigenvalue weighted by molar-refractivity contribution is 5.91. The van der Waals surface area contributed by atoms with Crippen molar-refractivity contribution in [2.75, 3.05) is 20.8 Å². The van der Waals surface area contributed by atoms with Crippen LogP contribution in [0.25, 0.3) is 11.0 Å².